The number of hydrogen-bond donors (Lipinski definition) is 1. The topological polar surface area (TPSA) is 112 Å². The van der Waals surface area contributed by atoms with Crippen LogP contribution in [0.15, 0.2) is 5.16 Å². The molecule has 1 aromatic heterocycles. The number of hydrogen-bond acceptors (Lipinski definition) is 9. The van der Waals surface area contributed by atoms with Crippen molar-refractivity contribution in [1.29, 1.82) is 0 Å². The highest BCUT2D eigenvalue weighted by molar-refractivity contribution is 7.10. The molecule has 0 aliphatic rings. The van der Waals surface area contributed by atoms with Crippen LogP contribution in [-0.2, 0) is 19.1 Å². The maximum absolute atomic E-state index is 11.4. The third kappa shape index (κ3) is 3.38. The van der Waals surface area contributed by atoms with Crippen molar-refractivity contribution in [3.63, 3.8) is 0 Å². The molecule has 1 N–H and O–H groups in total. The van der Waals surface area contributed by atoms with Crippen LogP contribution >= 0.6 is 11.5 Å². The van der Waals surface area contributed by atoms with Crippen LogP contribution in [0.1, 0.15) is 5.82 Å². The molecule has 0 bridgehead atoms. The van der Waals surface area contributed by atoms with Gasteiger partial charge in [0.2, 0.25) is 16.7 Å². The zero-order valence-corrected chi connectivity index (χ0v) is 10.6. The van der Waals surface area contributed by atoms with Crippen molar-refractivity contribution in [2.24, 2.45) is 5.16 Å². The Bertz CT molecular complexity index is 472. The van der Waals surface area contributed by atoms with Gasteiger partial charge in [0.1, 0.15) is 7.11 Å². The predicted octanol–water partition coefficient (Wildman–Crippen LogP) is 0.240. The van der Waals surface area contributed by atoms with Crippen LogP contribution in [0.5, 0.6) is 0 Å². The molecule has 18 heavy (non-hydrogen) atoms. The summed E-state index contributed by atoms with van der Waals surface area (Å²) in [4.78, 5) is 30.7. The Morgan fingerprint density at radius 1 is 1.28 bits per heavy atom. The second-order valence-electron chi connectivity index (χ2n) is 2.65. The molecule has 1 aromatic rings. The van der Waals surface area contributed by atoms with Crippen LogP contribution in [0.2, 0.25) is 0 Å². The van der Waals surface area contributed by atoms with Crippen molar-refractivity contribution in [1.82, 2.24) is 9.36 Å². The maximum Gasteiger partial charge on any atom is 0.413 e. The van der Waals surface area contributed by atoms with Gasteiger partial charge in [0, 0.05) is 11.5 Å². The zero-order valence-electron chi connectivity index (χ0n) is 9.79. The Balaban J connectivity index is 2.91. The number of nitrogens with one attached hydrogen (secondary N) is 1. The highest BCUT2D eigenvalue weighted by Crippen LogP contribution is 2.12. The molecule has 98 valence electrons. The smallest absolute Gasteiger partial charge is 0.413 e. The average Bonchev–Trinajstić information content (AvgIpc) is 2.83. The minimum atomic E-state index is -0.751. The van der Waals surface area contributed by atoms with Gasteiger partial charge in [-0.1, -0.05) is 5.16 Å². The number of methoxy groups -OCH3 is 2. The molecule has 0 aromatic carbocycles. The Kier molecular flexibility index (Phi) is 4.99. The standard InChI is InChI=1S/C8H10N4O5S/c1-15-6(13)4(11-17-3)5-9-7(18-12-5)10-8(14)16-2/h1-3H3,(H,9,10,12,14)/b11-4+. The van der Waals surface area contributed by atoms with Gasteiger partial charge in [-0.25, -0.2) is 9.59 Å². The molecule has 9 nitrogen and oxygen atoms in total. The summed E-state index contributed by atoms with van der Waals surface area (Å²) >= 11 is 0.858. The van der Waals surface area contributed by atoms with E-state index in [1.165, 1.54) is 21.3 Å². The van der Waals surface area contributed by atoms with Crippen LogP contribution in [0.25, 0.3) is 0 Å². The third-order valence-electron chi connectivity index (χ3n) is 1.59. The molecule has 1 amide bonds. The number of esters is 1. The highest BCUT2D eigenvalue weighted by atomic mass is 32.1. The van der Waals surface area contributed by atoms with Crippen molar-refractivity contribution in [2.75, 3.05) is 26.6 Å². The van der Waals surface area contributed by atoms with Crippen molar-refractivity contribution < 1.29 is 23.9 Å². The number of carbonyl (C=O) groups excluding carboxylic acids is 2. The molecule has 0 aliphatic carbocycles. The van der Waals surface area contributed by atoms with Crippen LogP contribution in [0.4, 0.5) is 9.93 Å². The first-order valence-electron chi connectivity index (χ1n) is 4.50. The summed E-state index contributed by atoms with van der Waals surface area (Å²) in [5.74, 6) is -0.764. The quantitative estimate of drug-likeness (QED) is 0.475. The summed E-state index contributed by atoms with van der Waals surface area (Å²) in [6.45, 7) is 0. The van der Waals surface area contributed by atoms with Crippen molar-refractivity contribution in [2.45, 2.75) is 0 Å². The monoisotopic (exact) mass is 274 g/mol. The van der Waals surface area contributed by atoms with Crippen LogP contribution in [0.3, 0.4) is 0 Å². The van der Waals surface area contributed by atoms with Crippen molar-refractivity contribution in [3.05, 3.63) is 5.82 Å². The van der Waals surface area contributed by atoms with Gasteiger partial charge in [-0.15, -0.1) is 0 Å². The number of carbonyl (C=O) groups is 2. The van der Waals surface area contributed by atoms with E-state index in [2.05, 4.69) is 34.1 Å². The van der Waals surface area contributed by atoms with E-state index in [1.807, 2.05) is 0 Å². The lowest BCUT2D eigenvalue weighted by Gasteiger charge is -1.98. The lowest BCUT2D eigenvalue weighted by atomic mass is 10.4. The SMILES string of the molecule is CO/N=C(/C(=O)OC)c1nsc(NC(=O)OC)n1. The molecule has 0 atom stereocenters. The molecule has 0 aliphatic heterocycles. The number of ether oxygens (including phenoxy) is 2. The maximum atomic E-state index is 11.4. The van der Waals surface area contributed by atoms with Gasteiger partial charge in [-0.05, 0) is 0 Å². The fourth-order valence-corrected chi connectivity index (χ4v) is 1.42. The Hall–Kier alpha value is -2.23. The second-order valence-corrected chi connectivity index (χ2v) is 3.41. The minimum absolute atomic E-state index is 0.0138. The summed E-state index contributed by atoms with van der Waals surface area (Å²) in [6, 6.07) is 0. The van der Waals surface area contributed by atoms with Gasteiger partial charge in [0.05, 0.1) is 14.2 Å². The van der Waals surface area contributed by atoms with E-state index in [9.17, 15) is 9.59 Å². The number of rotatable bonds is 4. The fraction of sp³-hybridized carbons (Fsp3) is 0.375. The van der Waals surface area contributed by atoms with Gasteiger partial charge in [-0.2, -0.15) is 9.36 Å². The molecule has 0 spiro atoms. The normalized spacial score (nSPS) is 10.7. The van der Waals surface area contributed by atoms with Crippen molar-refractivity contribution in [3.8, 4) is 0 Å². The number of aromatic nitrogens is 2. The first-order valence-corrected chi connectivity index (χ1v) is 5.28. The van der Waals surface area contributed by atoms with E-state index in [-0.39, 0.29) is 16.7 Å². The van der Waals surface area contributed by atoms with Gasteiger partial charge in [-0.3, -0.25) is 5.32 Å². The van der Waals surface area contributed by atoms with E-state index in [0.717, 1.165) is 11.5 Å². The summed E-state index contributed by atoms with van der Waals surface area (Å²) in [7, 11) is 3.67. The summed E-state index contributed by atoms with van der Waals surface area (Å²) in [5.41, 5.74) is -0.200. The summed E-state index contributed by atoms with van der Waals surface area (Å²) in [6.07, 6.45) is -0.694. The first-order chi connectivity index (χ1) is 8.62. The molecule has 0 radical (unpaired) electrons. The molecule has 0 saturated carbocycles. The zero-order chi connectivity index (χ0) is 13.5. The molecular formula is C8H10N4O5S. The van der Waals surface area contributed by atoms with Gasteiger partial charge in [0.15, 0.2) is 0 Å². The van der Waals surface area contributed by atoms with Crippen LogP contribution in [0, 0.1) is 0 Å². The Morgan fingerprint density at radius 3 is 2.56 bits per heavy atom. The van der Waals surface area contributed by atoms with E-state index in [1.54, 1.807) is 0 Å². The molecule has 10 heteroatoms. The first kappa shape index (κ1) is 13.8. The molecule has 1 heterocycles. The van der Waals surface area contributed by atoms with Gasteiger partial charge >= 0.3 is 12.1 Å². The molecule has 0 fully saturated rings. The summed E-state index contributed by atoms with van der Waals surface area (Å²) < 4.78 is 12.7. The predicted molar refractivity (Wildman–Crippen MR) is 61.5 cm³/mol. The largest absolute Gasteiger partial charge is 0.464 e. The Labute approximate surface area is 106 Å². The molecule has 1 rings (SSSR count). The van der Waals surface area contributed by atoms with E-state index in [4.69, 9.17) is 0 Å². The highest BCUT2D eigenvalue weighted by Gasteiger charge is 2.21. The van der Waals surface area contributed by atoms with Gasteiger partial charge in [0.25, 0.3) is 0 Å². The molecular weight excluding hydrogens is 264 g/mol. The molecule has 0 unspecified atom stereocenters. The third-order valence-corrected chi connectivity index (χ3v) is 2.22. The fourth-order valence-electron chi connectivity index (χ4n) is 0.866. The Morgan fingerprint density at radius 2 is 2.00 bits per heavy atom. The van der Waals surface area contributed by atoms with Crippen molar-refractivity contribution >= 4 is 34.4 Å². The number of amides is 1. The lowest BCUT2D eigenvalue weighted by molar-refractivity contribution is -0.132. The summed E-state index contributed by atoms with van der Waals surface area (Å²) in [5, 5.41) is 5.92. The van der Waals surface area contributed by atoms with E-state index in [0.29, 0.717) is 0 Å². The second kappa shape index (κ2) is 6.49. The van der Waals surface area contributed by atoms with Crippen LogP contribution in [-0.4, -0.2) is 48.5 Å². The lowest BCUT2D eigenvalue weighted by Crippen LogP contribution is -2.19. The molecule has 0 saturated heterocycles. The van der Waals surface area contributed by atoms with Crippen LogP contribution < -0.4 is 5.32 Å². The van der Waals surface area contributed by atoms with E-state index < -0.39 is 12.1 Å². The number of oxime groups is 1. The van der Waals surface area contributed by atoms with Gasteiger partial charge < -0.3 is 14.3 Å². The average molecular weight is 274 g/mol. The number of nitrogens with zero attached hydrogens (tertiary/aromatic N) is 3. The minimum Gasteiger partial charge on any atom is -0.464 e. The number of anilines is 1. The van der Waals surface area contributed by atoms with E-state index >= 15 is 0 Å².